The molecule has 1 aromatic heterocycles. The highest BCUT2D eigenvalue weighted by molar-refractivity contribution is 7.16. The highest BCUT2D eigenvalue weighted by Crippen LogP contribution is 2.30. The molecule has 0 spiro atoms. The van der Waals surface area contributed by atoms with Crippen LogP contribution in [0.3, 0.4) is 0 Å². The van der Waals surface area contributed by atoms with Gasteiger partial charge in [-0.25, -0.2) is 9.78 Å². The van der Waals surface area contributed by atoms with E-state index in [0.717, 1.165) is 27.9 Å². The average Bonchev–Trinajstić information content (AvgIpc) is 3.31. The number of nitrogens with one attached hydrogen (secondary N) is 1. The van der Waals surface area contributed by atoms with Gasteiger partial charge in [-0.15, -0.1) is 11.3 Å². The number of fused-ring (bicyclic) bond motifs is 2. The molecule has 1 aliphatic heterocycles. The third-order valence-corrected chi connectivity index (χ3v) is 5.33. The van der Waals surface area contributed by atoms with E-state index in [-0.39, 0.29) is 12.5 Å². The van der Waals surface area contributed by atoms with Crippen LogP contribution < -0.4 is 10.2 Å². The monoisotopic (exact) mass is 395 g/mol. The predicted molar refractivity (Wildman–Crippen MR) is 107 cm³/mol. The fourth-order valence-electron chi connectivity index (χ4n) is 3.20. The Hall–Kier alpha value is -3.26. The van der Waals surface area contributed by atoms with Gasteiger partial charge < -0.3 is 15.0 Å². The number of hydrogen-bond acceptors (Lipinski definition) is 6. The van der Waals surface area contributed by atoms with Gasteiger partial charge in [0.2, 0.25) is 5.91 Å². The number of carbonyl (C=O) groups is 3. The van der Waals surface area contributed by atoms with E-state index in [2.05, 4.69) is 10.3 Å². The molecule has 1 aliphatic rings. The summed E-state index contributed by atoms with van der Waals surface area (Å²) in [5.74, 6) is -0.982. The van der Waals surface area contributed by atoms with Crippen molar-refractivity contribution in [2.75, 3.05) is 23.4 Å². The van der Waals surface area contributed by atoms with Gasteiger partial charge in [-0.05, 0) is 48.4 Å². The second kappa shape index (κ2) is 7.40. The van der Waals surface area contributed by atoms with E-state index in [1.807, 2.05) is 12.1 Å². The molecule has 0 aliphatic carbocycles. The number of amides is 2. The largest absolute Gasteiger partial charge is 0.452 e. The average molecular weight is 395 g/mol. The van der Waals surface area contributed by atoms with Gasteiger partial charge in [0.1, 0.15) is 0 Å². The zero-order valence-electron chi connectivity index (χ0n) is 15.1. The Morgan fingerprint density at radius 3 is 2.89 bits per heavy atom. The van der Waals surface area contributed by atoms with Crippen LogP contribution in [-0.4, -0.2) is 35.9 Å². The number of carbonyl (C=O) groups excluding carboxylic acids is 3. The van der Waals surface area contributed by atoms with Crippen LogP contribution in [-0.2, 0) is 20.7 Å². The highest BCUT2D eigenvalue weighted by Gasteiger charge is 2.22. The van der Waals surface area contributed by atoms with E-state index in [1.165, 1.54) is 18.3 Å². The lowest BCUT2D eigenvalue weighted by molar-refractivity contribution is -0.119. The third kappa shape index (κ3) is 3.59. The van der Waals surface area contributed by atoms with Crippen LogP contribution in [0.1, 0.15) is 22.8 Å². The molecule has 0 unspecified atom stereocenters. The highest BCUT2D eigenvalue weighted by atomic mass is 32.1. The van der Waals surface area contributed by atoms with Gasteiger partial charge >= 0.3 is 5.97 Å². The number of hydrogen-bond donors (Lipinski definition) is 1. The van der Waals surface area contributed by atoms with Crippen molar-refractivity contribution in [2.24, 2.45) is 0 Å². The first-order valence-corrected chi connectivity index (χ1v) is 9.60. The minimum Gasteiger partial charge on any atom is -0.452 e. The van der Waals surface area contributed by atoms with Gasteiger partial charge in [0.25, 0.3) is 5.91 Å². The van der Waals surface area contributed by atoms with Crippen molar-refractivity contribution in [2.45, 2.75) is 13.3 Å². The molecule has 2 amide bonds. The quantitative estimate of drug-likeness (QED) is 0.686. The maximum absolute atomic E-state index is 12.2. The van der Waals surface area contributed by atoms with Crippen molar-refractivity contribution in [3.05, 3.63) is 53.0 Å². The maximum Gasteiger partial charge on any atom is 0.338 e. The number of thiazole rings is 1. The van der Waals surface area contributed by atoms with Crippen LogP contribution in [0.2, 0.25) is 0 Å². The lowest BCUT2D eigenvalue weighted by Gasteiger charge is -2.15. The molecule has 0 saturated carbocycles. The van der Waals surface area contributed by atoms with Crippen molar-refractivity contribution in [3.8, 4) is 0 Å². The molecular formula is C20H17N3O4S. The Labute approximate surface area is 164 Å². The Morgan fingerprint density at radius 2 is 2.07 bits per heavy atom. The first-order valence-electron chi connectivity index (χ1n) is 8.72. The van der Waals surface area contributed by atoms with Gasteiger partial charge in [-0.1, -0.05) is 0 Å². The van der Waals surface area contributed by atoms with Crippen molar-refractivity contribution >= 4 is 50.7 Å². The van der Waals surface area contributed by atoms with Gasteiger partial charge in [-0.3, -0.25) is 9.59 Å². The van der Waals surface area contributed by atoms with E-state index in [9.17, 15) is 14.4 Å². The minimum atomic E-state index is -0.559. The summed E-state index contributed by atoms with van der Waals surface area (Å²) in [6.07, 6.45) is 0.744. The Balaban J connectivity index is 1.35. The predicted octanol–water partition coefficient (Wildman–Crippen LogP) is 3.00. The molecule has 7 nitrogen and oxygen atoms in total. The van der Waals surface area contributed by atoms with Crippen molar-refractivity contribution in [1.29, 1.82) is 0 Å². The molecule has 2 aromatic carbocycles. The smallest absolute Gasteiger partial charge is 0.338 e. The number of benzene rings is 2. The molecule has 8 heteroatoms. The summed E-state index contributed by atoms with van der Waals surface area (Å²) >= 11 is 1.43. The first kappa shape index (κ1) is 18.1. The number of aromatic nitrogens is 1. The van der Waals surface area contributed by atoms with Crippen molar-refractivity contribution in [1.82, 2.24) is 4.98 Å². The number of anilines is 2. The summed E-state index contributed by atoms with van der Waals surface area (Å²) < 4.78 is 5.99. The summed E-state index contributed by atoms with van der Waals surface area (Å²) in [5, 5.41) is 2.72. The number of rotatable bonds is 4. The van der Waals surface area contributed by atoms with E-state index < -0.39 is 11.9 Å². The SMILES string of the molecule is CC(=O)N1CCc2cc(NC(=O)COC(=O)c3ccc4ncsc4c3)ccc21. The fourth-order valence-corrected chi connectivity index (χ4v) is 3.92. The second-order valence-electron chi connectivity index (χ2n) is 6.42. The first-order chi connectivity index (χ1) is 13.5. The normalized spacial score (nSPS) is 12.7. The lowest BCUT2D eigenvalue weighted by Crippen LogP contribution is -2.25. The van der Waals surface area contributed by atoms with Crippen LogP contribution in [0, 0.1) is 0 Å². The molecule has 0 atom stereocenters. The molecule has 2 heterocycles. The van der Waals surface area contributed by atoms with Crippen LogP contribution in [0.25, 0.3) is 10.2 Å². The molecule has 0 fully saturated rings. The van der Waals surface area contributed by atoms with E-state index >= 15 is 0 Å². The Morgan fingerprint density at radius 1 is 1.21 bits per heavy atom. The summed E-state index contributed by atoms with van der Waals surface area (Å²) in [6.45, 7) is 1.80. The van der Waals surface area contributed by atoms with Crippen molar-refractivity contribution in [3.63, 3.8) is 0 Å². The Bertz CT molecular complexity index is 1090. The van der Waals surface area contributed by atoms with Gasteiger partial charge in [0.15, 0.2) is 6.61 Å². The molecule has 0 radical (unpaired) electrons. The molecule has 0 bridgehead atoms. The fraction of sp³-hybridized carbons (Fsp3) is 0.200. The van der Waals surface area contributed by atoms with Gasteiger partial charge in [0.05, 0.1) is 21.3 Å². The standard InChI is InChI=1S/C20H17N3O4S/c1-12(24)23-7-6-13-8-15(3-5-17(13)23)22-19(25)10-27-20(26)14-2-4-16-18(9-14)28-11-21-16/h2-5,8-9,11H,6-7,10H2,1H3,(H,22,25). The van der Waals surface area contributed by atoms with Gasteiger partial charge in [-0.2, -0.15) is 0 Å². The van der Waals surface area contributed by atoms with Gasteiger partial charge in [0, 0.05) is 24.8 Å². The summed E-state index contributed by atoms with van der Waals surface area (Å²) in [4.78, 5) is 41.8. The van der Waals surface area contributed by atoms with Crippen LogP contribution in [0.5, 0.6) is 0 Å². The van der Waals surface area contributed by atoms with Crippen LogP contribution in [0.4, 0.5) is 11.4 Å². The maximum atomic E-state index is 12.2. The number of ether oxygens (including phenoxy) is 1. The zero-order chi connectivity index (χ0) is 19.7. The zero-order valence-corrected chi connectivity index (χ0v) is 15.9. The van der Waals surface area contributed by atoms with Crippen molar-refractivity contribution < 1.29 is 19.1 Å². The summed E-state index contributed by atoms with van der Waals surface area (Å²) in [7, 11) is 0. The number of nitrogens with zero attached hydrogens (tertiary/aromatic N) is 2. The van der Waals surface area contributed by atoms with E-state index in [0.29, 0.717) is 17.8 Å². The molecule has 0 saturated heterocycles. The molecule has 142 valence electrons. The number of esters is 1. The minimum absolute atomic E-state index is 0.000958. The molecule has 1 N–H and O–H groups in total. The van der Waals surface area contributed by atoms with Crippen LogP contribution in [0.15, 0.2) is 41.9 Å². The van der Waals surface area contributed by atoms with E-state index in [1.54, 1.807) is 34.7 Å². The summed E-state index contributed by atoms with van der Waals surface area (Å²) in [6, 6.07) is 10.5. The molecule has 28 heavy (non-hydrogen) atoms. The Kier molecular flexibility index (Phi) is 4.79. The summed E-state index contributed by atoms with van der Waals surface area (Å²) in [5.41, 5.74) is 5.39. The van der Waals surface area contributed by atoms with Crippen LogP contribution >= 0.6 is 11.3 Å². The molecular weight excluding hydrogens is 378 g/mol. The second-order valence-corrected chi connectivity index (χ2v) is 7.31. The molecule has 4 rings (SSSR count). The van der Waals surface area contributed by atoms with E-state index in [4.69, 9.17) is 4.74 Å². The topological polar surface area (TPSA) is 88.6 Å². The third-order valence-electron chi connectivity index (χ3n) is 4.54. The molecule has 3 aromatic rings. The lowest BCUT2D eigenvalue weighted by atomic mass is 10.1.